The topological polar surface area (TPSA) is 95.9 Å². The zero-order chi connectivity index (χ0) is 25.9. The van der Waals surface area contributed by atoms with Crippen LogP contribution in [0.2, 0.25) is 0 Å². The number of fused-ring (bicyclic) bond motifs is 2. The number of H-pyrrole nitrogens is 1. The molecular formula is C29H26N6O2S. The SMILES string of the molecule is C=CC(=O)N1CCC2(CC(n3c(NC(=O)c4ccc(-c5cncc6[nH]ccc56)s4)nc4ccccc43)C2)C1. The summed E-state index contributed by atoms with van der Waals surface area (Å²) < 4.78 is 2.18. The van der Waals surface area contributed by atoms with Gasteiger partial charge in [0, 0.05) is 47.4 Å². The molecule has 0 bridgehead atoms. The summed E-state index contributed by atoms with van der Waals surface area (Å²) in [5, 5.41) is 4.18. The number of nitrogens with zero attached hydrogens (tertiary/aromatic N) is 4. The molecule has 0 unspecified atom stereocenters. The predicted molar refractivity (Wildman–Crippen MR) is 149 cm³/mol. The Kier molecular flexibility index (Phi) is 5.23. The van der Waals surface area contributed by atoms with E-state index in [1.165, 1.54) is 17.4 Å². The molecule has 5 aromatic rings. The summed E-state index contributed by atoms with van der Waals surface area (Å²) >= 11 is 1.44. The molecule has 9 heteroatoms. The highest BCUT2D eigenvalue weighted by atomic mass is 32.1. The van der Waals surface area contributed by atoms with Crippen molar-refractivity contribution in [2.45, 2.75) is 25.3 Å². The third-order valence-corrected chi connectivity index (χ3v) is 9.14. The van der Waals surface area contributed by atoms with Crippen LogP contribution in [0.5, 0.6) is 0 Å². The van der Waals surface area contributed by atoms with Gasteiger partial charge in [-0.05, 0) is 61.1 Å². The van der Waals surface area contributed by atoms with Gasteiger partial charge in [-0.2, -0.15) is 0 Å². The van der Waals surface area contributed by atoms with Crippen molar-refractivity contribution in [2.24, 2.45) is 5.41 Å². The van der Waals surface area contributed by atoms with E-state index in [-0.39, 0.29) is 23.3 Å². The summed E-state index contributed by atoms with van der Waals surface area (Å²) in [5.41, 5.74) is 3.97. The van der Waals surface area contributed by atoms with Crippen LogP contribution >= 0.6 is 11.3 Å². The molecule has 2 fully saturated rings. The van der Waals surface area contributed by atoms with E-state index >= 15 is 0 Å². The average Bonchev–Trinajstić information content (AvgIpc) is 3.71. The van der Waals surface area contributed by atoms with E-state index < -0.39 is 0 Å². The zero-order valence-electron chi connectivity index (χ0n) is 20.7. The molecule has 2 N–H and O–H groups in total. The summed E-state index contributed by atoms with van der Waals surface area (Å²) in [6.07, 6.45) is 9.84. The Hall–Kier alpha value is -4.24. The van der Waals surface area contributed by atoms with Gasteiger partial charge in [-0.15, -0.1) is 11.3 Å². The molecule has 5 heterocycles. The lowest BCUT2D eigenvalue weighted by Gasteiger charge is -2.46. The molecule has 1 saturated heterocycles. The van der Waals surface area contributed by atoms with Crippen molar-refractivity contribution in [1.29, 1.82) is 0 Å². The maximum atomic E-state index is 13.4. The highest BCUT2D eigenvalue weighted by Crippen LogP contribution is 2.55. The molecule has 1 aliphatic heterocycles. The number of hydrogen-bond donors (Lipinski definition) is 2. The largest absolute Gasteiger partial charge is 0.360 e. The van der Waals surface area contributed by atoms with E-state index in [1.54, 1.807) is 6.20 Å². The summed E-state index contributed by atoms with van der Waals surface area (Å²) in [6, 6.07) is 14.1. The summed E-state index contributed by atoms with van der Waals surface area (Å²) in [7, 11) is 0. The van der Waals surface area contributed by atoms with Gasteiger partial charge in [0.2, 0.25) is 11.9 Å². The van der Waals surface area contributed by atoms with Crippen molar-refractivity contribution in [2.75, 3.05) is 18.4 Å². The highest BCUT2D eigenvalue weighted by Gasteiger charge is 2.50. The number of carbonyl (C=O) groups is 2. The summed E-state index contributed by atoms with van der Waals surface area (Å²) in [6.45, 7) is 5.18. The van der Waals surface area contributed by atoms with Crippen LogP contribution in [0.25, 0.3) is 32.4 Å². The van der Waals surface area contributed by atoms with Crippen molar-refractivity contribution in [3.8, 4) is 10.4 Å². The van der Waals surface area contributed by atoms with Gasteiger partial charge < -0.3 is 14.5 Å². The minimum atomic E-state index is -0.176. The van der Waals surface area contributed by atoms with Gasteiger partial charge in [-0.3, -0.25) is 19.9 Å². The standard InChI is InChI=1S/C29H26N6O2S/c1-2-26(36)34-12-10-29(17-34)13-18(14-29)35-23-6-4-3-5-21(23)32-28(35)33-27(37)25-8-7-24(38-25)20-15-30-16-22-19(20)9-11-31-22/h2-9,11,15-16,18,31H,1,10,12-14,17H2,(H,32,33,37). The van der Waals surface area contributed by atoms with Gasteiger partial charge >= 0.3 is 0 Å². The molecule has 8 nitrogen and oxygen atoms in total. The maximum absolute atomic E-state index is 13.4. The van der Waals surface area contributed by atoms with Gasteiger partial charge in [0.15, 0.2) is 0 Å². The molecule has 1 aromatic carbocycles. The Morgan fingerprint density at radius 1 is 1.16 bits per heavy atom. The number of pyridine rings is 1. The van der Waals surface area contributed by atoms with Crippen molar-refractivity contribution < 1.29 is 9.59 Å². The van der Waals surface area contributed by atoms with E-state index in [0.29, 0.717) is 10.8 Å². The van der Waals surface area contributed by atoms with E-state index in [2.05, 4.69) is 32.5 Å². The van der Waals surface area contributed by atoms with Crippen molar-refractivity contribution in [1.82, 2.24) is 24.4 Å². The van der Waals surface area contributed by atoms with Crippen molar-refractivity contribution in [3.05, 3.63) is 78.6 Å². The fourth-order valence-corrected chi connectivity index (χ4v) is 7.08. The van der Waals surface area contributed by atoms with E-state index in [4.69, 9.17) is 4.98 Å². The molecule has 4 aromatic heterocycles. The van der Waals surface area contributed by atoms with E-state index in [0.717, 1.165) is 64.7 Å². The van der Waals surface area contributed by atoms with Crippen LogP contribution in [0.4, 0.5) is 5.95 Å². The Labute approximate surface area is 223 Å². The third kappa shape index (κ3) is 3.65. The number of amides is 2. The number of hydrogen-bond acceptors (Lipinski definition) is 5. The molecule has 190 valence electrons. The Morgan fingerprint density at radius 2 is 2.03 bits per heavy atom. The molecule has 0 atom stereocenters. The normalized spacial score (nSPS) is 20.7. The van der Waals surface area contributed by atoms with Crippen molar-refractivity contribution in [3.63, 3.8) is 0 Å². The summed E-state index contributed by atoms with van der Waals surface area (Å²) in [5.74, 6) is 0.396. The molecule has 0 radical (unpaired) electrons. The molecule has 38 heavy (non-hydrogen) atoms. The Morgan fingerprint density at radius 3 is 2.89 bits per heavy atom. The first-order chi connectivity index (χ1) is 18.5. The van der Waals surface area contributed by atoms with Gasteiger partial charge in [0.1, 0.15) is 0 Å². The first-order valence-corrected chi connectivity index (χ1v) is 13.6. The number of benzene rings is 1. The lowest BCUT2D eigenvalue weighted by molar-refractivity contribution is -0.125. The van der Waals surface area contributed by atoms with Gasteiger partial charge in [0.05, 0.1) is 27.6 Å². The number of aromatic nitrogens is 4. The van der Waals surface area contributed by atoms with Crippen LogP contribution in [0.15, 0.2) is 73.7 Å². The van der Waals surface area contributed by atoms with Crippen LogP contribution in [-0.4, -0.2) is 49.3 Å². The molecule has 7 rings (SSSR count). The van der Waals surface area contributed by atoms with E-state index in [9.17, 15) is 9.59 Å². The minimum absolute atomic E-state index is 0.00481. The fourth-order valence-electron chi connectivity index (χ4n) is 6.15. The second-order valence-electron chi connectivity index (χ2n) is 10.3. The quantitative estimate of drug-likeness (QED) is 0.292. The fraction of sp³-hybridized carbons (Fsp3) is 0.241. The third-order valence-electron chi connectivity index (χ3n) is 8.02. The van der Waals surface area contributed by atoms with Crippen LogP contribution in [0.1, 0.15) is 35.0 Å². The minimum Gasteiger partial charge on any atom is -0.360 e. The first-order valence-electron chi connectivity index (χ1n) is 12.7. The van der Waals surface area contributed by atoms with Crippen LogP contribution in [0, 0.1) is 5.41 Å². The molecular weight excluding hydrogens is 496 g/mol. The Balaban J connectivity index is 1.15. The lowest BCUT2D eigenvalue weighted by Crippen LogP contribution is -2.42. The lowest BCUT2D eigenvalue weighted by atomic mass is 9.65. The second-order valence-corrected chi connectivity index (χ2v) is 11.4. The van der Waals surface area contributed by atoms with Crippen molar-refractivity contribution >= 4 is 51.0 Å². The predicted octanol–water partition coefficient (Wildman–Crippen LogP) is 5.63. The first kappa shape index (κ1) is 22.9. The van der Waals surface area contributed by atoms with Crippen LogP contribution in [-0.2, 0) is 4.79 Å². The van der Waals surface area contributed by atoms with Crippen LogP contribution < -0.4 is 5.32 Å². The number of aromatic amines is 1. The average molecular weight is 523 g/mol. The molecule has 1 saturated carbocycles. The zero-order valence-corrected chi connectivity index (χ0v) is 21.5. The number of para-hydroxylation sites is 2. The smallest absolute Gasteiger partial charge is 0.268 e. The van der Waals surface area contributed by atoms with E-state index in [1.807, 2.05) is 53.7 Å². The Bertz CT molecular complexity index is 1720. The van der Waals surface area contributed by atoms with Crippen LogP contribution in [0.3, 0.4) is 0 Å². The number of imidazole rings is 1. The number of nitrogens with one attached hydrogen (secondary N) is 2. The molecule has 2 aliphatic rings. The molecule has 1 aliphatic carbocycles. The number of carbonyl (C=O) groups excluding carboxylic acids is 2. The van der Waals surface area contributed by atoms with Gasteiger partial charge in [-0.1, -0.05) is 18.7 Å². The highest BCUT2D eigenvalue weighted by molar-refractivity contribution is 7.17. The maximum Gasteiger partial charge on any atom is 0.268 e. The number of anilines is 1. The van der Waals surface area contributed by atoms with Gasteiger partial charge in [-0.25, -0.2) is 4.98 Å². The number of rotatable bonds is 5. The number of likely N-dealkylation sites (tertiary alicyclic amines) is 1. The summed E-state index contributed by atoms with van der Waals surface area (Å²) in [4.78, 5) is 41.3. The number of thiophene rings is 1. The molecule has 1 spiro atoms. The van der Waals surface area contributed by atoms with Gasteiger partial charge in [0.25, 0.3) is 5.91 Å². The molecule has 2 amide bonds. The monoisotopic (exact) mass is 522 g/mol. The second kappa shape index (κ2) is 8.66.